The van der Waals surface area contributed by atoms with Crippen molar-refractivity contribution < 1.29 is 19.1 Å². The lowest BCUT2D eigenvalue weighted by Crippen LogP contribution is -2.55. The molecule has 7 nitrogen and oxygen atoms in total. The van der Waals surface area contributed by atoms with Gasteiger partial charge in [-0.1, -0.05) is 62.7 Å². The van der Waals surface area contributed by atoms with Crippen LogP contribution in [0.3, 0.4) is 0 Å². The van der Waals surface area contributed by atoms with Crippen LogP contribution in [0, 0.1) is 33.6 Å². The van der Waals surface area contributed by atoms with E-state index >= 15 is 0 Å². The quantitative estimate of drug-likeness (QED) is 0.328. The summed E-state index contributed by atoms with van der Waals surface area (Å²) < 4.78 is 5.50. The molecular formula is C33H49N3O4. The number of nitrogens with one attached hydrogen (secondary N) is 2. The zero-order valence-corrected chi connectivity index (χ0v) is 26.3. The summed E-state index contributed by atoms with van der Waals surface area (Å²) in [6.45, 7) is 21.2. The summed E-state index contributed by atoms with van der Waals surface area (Å²) in [5.41, 5.74) is 4.66. The van der Waals surface area contributed by atoms with E-state index in [1.54, 1.807) is 25.7 Å². The van der Waals surface area contributed by atoms with Crippen LogP contribution in [-0.4, -0.2) is 40.5 Å². The van der Waals surface area contributed by atoms with Crippen molar-refractivity contribution in [3.63, 3.8) is 0 Å². The molecule has 0 bridgehead atoms. The zero-order valence-electron chi connectivity index (χ0n) is 26.3. The van der Waals surface area contributed by atoms with Crippen molar-refractivity contribution in [2.45, 2.75) is 113 Å². The van der Waals surface area contributed by atoms with Gasteiger partial charge in [-0.3, -0.25) is 9.59 Å². The molecule has 220 valence electrons. The molecule has 0 saturated heterocycles. The van der Waals surface area contributed by atoms with Crippen LogP contribution in [0.1, 0.15) is 95.2 Å². The maximum absolute atomic E-state index is 14.4. The molecule has 0 radical (unpaired) electrons. The average Bonchev–Trinajstić information content (AvgIpc) is 2.82. The zero-order chi connectivity index (χ0) is 30.4. The lowest BCUT2D eigenvalue weighted by atomic mass is 9.93. The number of hydrogen-bond acceptors (Lipinski definition) is 4. The summed E-state index contributed by atoms with van der Waals surface area (Å²) in [7, 11) is 0. The normalized spacial score (nSPS) is 13.8. The van der Waals surface area contributed by atoms with Gasteiger partial charge in [-0.25, -0.2) is 4.79 Å². The number of carbonyl (C=O) groups is 3. The lowest BCUT2D eigenvalue weighted by Gasteiger charge is -2.39. The van der Waals surface area contributed by atoms with Crippen LogP contribution >= 0.6 is 0 Å². The Balaban J connectivity index is 2.66. The number of alkyl carbamates (subject to hydrolysis) is 1. The van der Waals surface area contributed by atoms with Crippen LogP contribution in [-0.2, 0) is 14.3 Å². The van der Waals surface area contributed by atoms with Gasteiger partial charge < -0.3 is 20.3 Å². The second-order valence-electron chi connectivity index (χ2n) is 12.3. The van der Waals surface area contributed by atoms with Crippen LogP contribution in [0.25, 0.3) is 0 Å². The Kier molecular flexibility index (Phi) is 11.4. The standard InChI is InChI=1S/C33H49N3O4/c1-12-25(8)36(31(38)27(18-20(2)3)34-32(39)40-33(9,10)11)29(26-17-16-21(4)19-24(26)7)30(37)35-28-22(5)14-13-15-23(28)6/h13-17,19-20,25,27,29H,12,18H2,1-11H3,(H,34,39)(H,35,37). The Morgan fingerprint density at radius 2 is 1.52 bits per heavy atom. The van der Waals surface area contributed by atoms with Crippen LogP contribution in [0.2, 0.25) is 0 Å². The average molecular weight is 552 g/mol. The monoisotopic (exact) mass is 551 g/mol. The molecule has 7 heteroatoms. The Morgan fingerprint density at radius 1 is 0.925 bits per heavy atom. The van der Waals surface area contributed by atoms with E-state index in [-0.39, 0.29) is 23.8 Å². The largest absolute Gasteiger partial charge is 0.444 e. The van der Waals surface area contributed by atoms with E-state index in [1.165, 1.54) is 0 Å². The number of rotatable bonds is 10. The Morgan fingerprint density at radius 3 is 2.02 bits per heavy atom. The highest BCUT2D eigenvalue weighted by molar-refractivity contribution is 6.00. The molecule has 2 aromatic carbocycles. The maximum Gasteiger partial charge on any atom is 0.408 e. The van der Waals surface area contributed by atoms with Gasteiger partial charge in [0.05, 0.1) is 0 Å². The summed E-state index contributed by atoms with van der Waals surface area (Å²) in [6, 6.07) is 9.74. The Bertz CT molecular complexity index is 1180. The van der Waals surface area contributed by atoms with Crippen LogP contribution in [0.5, 0.6) is 0 Å². The minimum absolute atomic E-state index is 0.116. The Labute approximate surface area is 241 Å². The van der Waals surface area contributed by atoms with Crippen LogP contribution in [0.4, 0.5) is 10.5 Å². The summed E-state index contributed by atoms with van der Waals surface area (Å²) in [5.74, 6) is -0.486. The van der Waals surface area contributed by atoms with Crippen molar-refractivity contribution in [3.05, 3.63) is 64.2 Å². The molecule has 0 aliphatic rings. The number of anilines is 1. The summed E-state index contributed by atoms with van der Waals surface area (Å²) in [4.78, 5) is 43.2. The first-order valence-corrected chi connectivity index (χ1v) is 14.3. The number of aryl methyl sites for hydroxylation is 4. The van der Waals surface area contributed by atoms with E-state index in [0.29, 0.717) is 12.8 Å². The van der Waals surface area contributed by atoms with Crippen molar-refractivity contribution in [1.82, 2.24) is 10.2 Å². The van der Waals surface area contributed by atoms with Gasteiger partial charge in [0.2, 0.25) is 5.91 Å². The first-order chi connectivity index (χ1) is 18.5. The highest BCUT2D eigenvalue weighted by Crippen LogP contribution is 2.32. The van der Waals surface area contributed by atoms with Gasteiger partial charge >= 0.3 is 6.09 Å². The second-order valence-corrected chi connectivity index (χ2v) is 12.3. The molecule has 40 heavy (non-hydrogen) atoms. The minimum Gasteiger partial charge on any atom is -0.444 e. The molecule has 3 atom stereocenters. The summed E-state index contributed by atoms with van der Waals surface area (Å²) in [5, 5.41) is 5.96. The molecular weight excluding hydrogens is 502 g/mol. The van der Waals surface area contributed by atoms with Gasteiger partial charge in [-0.2, -0.15) is 0 Å². The molecule has 0 aliphatic carbocycles. The molecule has 3 unspecified atom stereocenters. The second kappa shape index (κ2) is 13.8. The number of benzene rings is 2. The Hall–Kier alpha value is -3.35. The van der Waals surface area contributed by atoms with E-state index in [4.69, 9.17) is 4.74 Å². The van der Waals surface area contributed by atoms with E-state index in [1.807, 2.05) is 91.8 Å². The van der Waals surface area contributed by atoms with Gasteiger partial charge in [0, 0.05) is 11.7 Å². The molecule has 0 aromatic heterocycles. The van der Waals surface area contributed by atoms with Crippen molar-refractivity contribution in [2.75, 3.05) is 5.32 Å². The van der Waals surface area contributed by atoms with Gasteiger partial charge in [0.25, 0.3) is 5.91 Å². The number of carbonyl (C=O) groups excluding carboxylic acids is 3. The molecule has 0 aliphatic heterocycles. The molecule has 2 N–H and O–H groups in total. The number of hydrogen-bond donors (Lipinski definition) is 2. The molecule has 0 spiro atoms. The first-order valence-electron chi connectivity index (χ1n) is 14.3. The highest BCUT2D eigenvalue weighted by Gasteiger charge is 2.39. The molecule has 3 amide bonds. The van der Waals surface area contributed by atoms with Crippen LogP contribution in [0.15, 0.2) is 36.4 Å². The highest BCUT2D eigenvalue weighted by atomic mass is 16.6. The van der Waals surface area contributed by atoms with Gasteiger partial charge in [-0.15, -0.1) is 0 Å². The number of amides is 3. The molecule has 2 rings (SSSR count). The van der Waals surface area contributed by atoms with Crippen LogP contribution < -0.4 is 10.6 Å². The topological polar surface area (TPSA) is 87.7 Å². The van der Waals surface area contributed by atoms with E-state index < -0.39 is 23.8 Å². The third-order valence-corrected chi connectivity index (χ3v) is 6.99. The van der Waals surface area contributed by atoms with Crippen molar-refractivity contribution in [3.8, 4) is 0 Å². The number of para-hydroxylation sites is 1. The number of nitrogens with zero attached hydrogens (tertiary/aromatic N) is 1. The summed E-state index contributed by atoms with van der Waals surface area (Å²) >= 11 is 0. The minimum atomic E-state index is -0.905. The molecule has 0 fully saturated rings. The summed E-state index contributed by atoms with van der Waals surface area (Å²) in [6.07, 6.45) is 0.381. The van der Waals surface area contributed by atoms with Gasteiger partial charge in [0.15, 0.2) is 0 Å². The molecule has 2 aromatic rings. The van der Waals surface area contributed by atoms with Crippen molar-refractivity contribution in [1.29, 1.82) is 0 Å². The third-order valence-electron chi connectivity index (χ3n) is 6.99. The van der Waals surface area contributed by atoms with E-state index in [0.717, 1.165) is 33.5 Å². The molecule has 0 saturated carbocycles. The lowest BCUT2D eigenvalue weighted by molar-refractivity contribution is -0.143. The SMILES string of the molecule is CCC(C)N(C(=O)C(CC(C)C)NC(=O)OC(C)(C)C)C(C(=O)Nc1c(C)cccc1C)c1ccc(C)cc1C. The maximum atomic E-state index is 14.4. The van der Waals surface area contributed by atoms with Crippen molar-refractivity contribution >= 4 is 23.6 Å². The van der Waals surface area contributed by atoms with E-state index in [2.05, 4.69) is 10.6 Å². The van der Waals surface area contributed by atoms with Gasteiger partial charge in [0.1, 0.15) is 17.7 Å². The first kappa shape index (κ1) is 32.9. The third kappa shape index (κ3) is 8.83. The van der Waals surface area contributed by atoms with Gasteiger partial charge in [-0.05, 0) is 96.4 Å². The predicted molar refractivity (Wildman–Crippen MR) is 162 cm³/mol. The number of ether oxygens (including phenoxy) is 1. The predicted octanol–water partition coefficient (Wildman–Crippen LogP) is 7.17. The fourth-order valence-electron chi connectivity index (χ4n) is 4.87. The fourth-order valence-corrected chi connectivity index (χ4v) is 4.87. The van der Waals surface area contributed by atoms with Crippen molar-refractivity contribution in [2.24, 2.45) is 5.92 Å². The smallest absolute Gasteiger partial charge is 0.408 e. The van der Waals surface area contributed by atoms with E-state index in [9.17, 15) is 14.4 Å². The molecule has 0 heterocycles. The fraction of sp³-hybridized carbons (Fsp3) is 0.545.